The molecular formula is C20H28N2O5S. The van der Waals surface area contributed by atoms with Crippen molar-refractivity contribution in [3.63, 3.8) is 0 Å². The Kier molecular flexibility index (Phi) is 6.72. The van der Waals surface area contributed by atoms with E-state index in [0.717, 1.165) is 30.7 Å². The summed E-state index contributed by atoms with van der Waals surface area (Å²) in [4.78, 5) is 39.5. The summed E-state index contributed by atoms with van der Waals surface area (Å²) in [5, 5.41) is 3.18. The number of ether oxygens (including phenoxy) is 2. The number of carbonyl (C=O) groups is 3. The summed E-state index contributed by atoms with van der Waals surface area (Å²) in [5.41, 5.74) is 0.680. The van der Waals surface area contributed by atoms with Gasteiger partial charge in [0.1, 0.15) is 9.88 Å². The van der Waals surface area contributed by atoms with Crippen molar-refractivity contribution >= 4 is 34.2 Å². The fraction of sp³-hybridized carbons (Fsp3) is 0.650. The van der Waals surface area contributed by atoms with Crippen LogP contribution in [-0.4, -0.2) is 56.1 Å². The predicted octanol–water partition coefficient (Wildman–Crippen LogP) is 3.22. The van der Waals surface area contributed by atoms with Gasteiger partial charge in [-0.1, -0.05) is 12.8 Å². The fourth-order valence-corrected chi connectivity index (χ4v) is 5.64. The zero-order valence-electron chi connectivity index (χ0n) is 16.7. The van der Waals surface area contributed by atoms with Crippen molar-refractivity contribution in [3.8, 4) is 0 Å². The average molecular weight is 409 g/mol. The predicted molar refractivity (Wildman–Crippen MR) is 107 cm³/mol. The molecule has 8 heteroatoms. The molecule has 0 aromatic carbocycles. The van der Waals surface area contributed by atoms with Gasteiger partial charge in [0, 0.05) is 6.04 Å². The first-order valence-electron chi connectivity index (χ1n) is 9.80. The number of anilines is 1. The molecule has 2 heterocycles. The zero-order valence-corrected chi connectivity index (χ0v) is 17.5. The SMILES string of the molecule is COC(=O)c1sc(NC(=O)CN2CCC[C@@H]3CCCC[C@@H]32)c(C(=O)OC)c1C. The molecule has 154 valence electrons. The van der Waals surface area contributed by atoms with Crippen LogP contribution >= 0.6 is 11.3 Å². The van der Waals surface area contributed by atoms with Crippen molar-refractivity contribution in [1.82, 2.24) is 4.90 Å². The van der Waals surface area contributed by atoms with Gasteiger partial charge in [0.15, 0.2) is 0 Å². The van der Waals surface area contributed by atoms with Crippen LogP contribution in [0.3, 0.4) is 0 Å². The number of nitrogens with one attached hydrogen (secondary N) is 1. The van der Waals surface area contributed by atoms with Crippen LogP contribution in [0.1, 0.15) is 64.1 Å². The van der Waals surface area contributed by atoms with Gasteiger partial charge in [-0.25, -0.2) is 9.59 Å². The number of hydrogen-bond donors (Lipinski definition) is 1. The largest absolute Gasteiger partial charge is 0.465 e. The van der Waals surface area contributed by atoms with Gasteiger partial charge < -0.3 is 14.8 Å². The van der Waals surface area contributed by atoms with E-state index in [4.69, 9.17) is 9.47 Å². The summed E-state index contributed by atoms with van der Waals surface area (Å²) >= 11 is 1.05. The van der Waals surface area contributed by atoms with Crippen molar-refractivity contribution in [1.29, 1.82) is 0 Å². The molecule has 0 radical (unpaired) electrons. The van der Waals surface area contributed by atoms with Crippen molar-refractivity contribution < 1.29 is 23.9 Å². The topological polar surface area (TPSA) is 84.9 Å². The maximum Gasteiger partial charge on any atom is 0.348 e. The Balaban J connectivity index is 1.76. The molecule has 0 spiro atoms. The van der Waals surface area contributed by atoms with Crippen LogP contribution in [0, 0.1) is 12.8 Å². The summed E-state index contributed by atoms with van der Waals surface area (Å²) in [6, 6.07) is 0.476. The van der Waals surface area contributed by atoms with Crippen molar-refractivity contribution in [3.05, 3.63) is 16.0 Å². The van der Waals surface area contributed by atoms with Crippen LogP contribution in [0.5, 0.6) is 0 Å². The Morgan fingerprint density at radius 2 is 1.75 bits per heavy atom. The monoisotopic (exact) mass is 408 g/mol. The number of fused-ring (bicyclic) bond motifs is 1. The lowest BCUT2D eigenvalue weighted by Crippen LogP contribution is -2.49. The Morgan fingerprint density at radius 1 is 1.07 bits per heavy atom. The van der Waals surface area contributed by atoms with Crippen LogP contribution in [0.25, 0.3) is 0 Å². The van der Waals surface area contributed by atoms with Crippen molar-refractivity contribution in [2.24, 2.45) is 5.92 Å². The van der Waals surface area contributed by atoms with Gasteiger partial charge in [0.2, 0.25) is 5.91 Å². The highest BCUT2D eigenvalue weighted by molar-refractivity contribution is 7.18. The van der Waals surface area contributed by atoms with Gasteiger partial charge in [-0.2, -0.15) is 0 Å². The third kappa shape index (κ3) is 4.22. The van der Waals surface area contributed by atoms with Crippen molar-refractivity contribution in [2.75, 3.05) is 32.6 Å². The molecule has 2 aliphatic rings. The van der Waals surface area contributed by atoms with E-state index in [2.05, 4.69) is 10.2 Å². The highest BCUT2D eigenvalue weighted by atomic mass is 32.1. The number of nitrogens with zero attached hydrogens (tertiary/aromatic N) is 1. The molecule has 1 aromatic heterocycles. The summed E-state index contributed by atoms with van der Waals surface area (Å²) < 4.78 is 9.62. The third-order valence-electron chi connectivity index (χ3n) is 5.86. The van der Waals surface area contributed by atoms with E-state index >= 15 is 0 Å². The van der Waals surface area contributed by atoms with E-state index in [1.165, 1.54) is 39.9 Å². The molecule has 1 N–H and O–H groups in total. The average Bonchev–Trinajstić information content (AvgIpc) is 3.02. The lowest BCUT2D eigenvalue weighted by molar-refractivity contribution is -0.118. The van der Waals surface area contributed by atoms with Gasteiger partial charge in [-0.15, -0.1) is 11.3 Å². The minimum Gasteiger partial charge on any atom is -0.465 e. The highest BCUT2D eigenvalue weighted by Gasteiger charge is 2.34. The Morgan fingerprint density at radius 3 is 2.46 bits per heavy atom. The van der Waals surface area contributed by atoms with Gasteiger partial charge in [0.25, 0.3) is 0 Å². The van der Waals surface area contributed by atoms with Crippen LogP contribution in [0.4, 0.5) is 5.00 Å². The standard InChI is InChI=1S/C20H28N2O5S/c1-12-16(19(24)26-2)18(28-17(12)20(25)27-3)21-15(23)11-22-10-6-8-13-7-4-5-9-14(13)22/h13-14H,4-11H2,1-3H3,(H,21,23)/t13-,14-/m0/s1. The Hall–Kier alpha value is -1.93. The molecular weight excluding hydrogens is 380 g/mol. The molecule has 1 saturated carbocycles. The second kappa shape index (κ2) is 9.05. The zero-order chi connectivity index (χ0) is 20.3. The number of likely N-dealkylation sites (tertiary alicyclic amines) is 1. The molecule has 7 nitrogen and oxygen atoms in total. The van der Waals surface area contributed by atoms with E-state index in [-0.39, 0.29) is 11.5 Å². The fourth-order valence-electron chi connectivity index (χ4n) is 4.51. The summed E-state index contributed by atoms with van der Waals surface area (Å²) in [6.07, 6.45) is 7.28. The lowest BCUT2D eigenvalue weighted by Gasteiger charge is -2.43. The molecule has 0 bridgehead atoms. The minimum atomic E-state index is -0.579. The van der Waals surface area contributed by atoms with Crippen LogP contribution in [-0.2, 0) is 14.3 Å². The normalized spacial score (nSPS) is 22.2. The van der Waals surface area contributed by atoms with Crippen LogP contribution < -0.4 is 5.32 Å². The first kappa shape index (κ1) is 20.8. The van der Waals surface area contributed by atoms with Crippen LogP contribution in [0.2, 0.25) is 0 Å². The van der Waals surface area contributed by atoms with Crippen molar-refractivity contribution in [2.45, 2.75) is 51.5 Å². The Bertz CT molecular complexity index is 758. The first-order chi connectivity index (χ1) is 13.5. The number of piperidine rings is 1. The molecule has 1 saturated heterocycles. The molecule has 1 aliphatic heterocycles. The number of hydrogen-bond acceptors (Lipinski definition) is 7. The number of amides is 1. The van der Waals surface area contributed by atoms with E-state index in [0.29, 0.717) is 33.9 Å². The first-order valence-corrected chi connectivity index (χ1v) is 10.6. The summed E-state index contributed by atoms with van der Waals surface area (Å²) in [6.45, 7) is 2.88. The molecule has 1 aromatic rings. The number of methoxy groups -OCH3 is 2. The van der Waals surface area contributed by atoms with Gasteiger partial charge in [0.05, 0.1) is 26.3 Å². The number of rotatable bonds is 5. The molecule has 2 fully saturated rings. The molecule has 3 rings (SSSR count). The molecule has 28 heavy (non-hydrogen) atoms. The maximum atomic E-state index is 12.8. The lowest BCUT2D eigenvalue weighted by atomic mass is 9.78. The molecule has 2 atom stereocenters. The van der Waals surface area contributed by atoms with Gasteiger partial charge in [-0.05, 0) is 50.6 Å². The van der Waals surface area contributed by atoms with E-state index in [9.17, 15) is 14.4 Å². The highest BCUT2D eigenvalue weighted by Crippen LogP contribution is 2.36. The van der Waals surface area contributed by atoms with Crippen LogP contribution in [0.15, 0.2) is 0 Å². The summed E-state index contributed by atoms with van der Waals surface area (Å²) in [7, 11) is 2.56. The maximum absolute atomic E-state index is 12.8. The van der Waals surface area contributed by atoms with Gasteiger partial charge >= 0.3 is 11.9 Å². The molecule has 0 unspecified atom stereocenters. The van der Waals surface area contributed by atoms with Gasteiger partial charge in [-0.3, -0.25) is 9.69 Å². The molecule has 1 aliphatic carbocycles. The second-order valence-corrected chi connectivity index (χ2v) is 8.54. The quantitative estimate of drug-likeness (QED) is 0.753. The van der Waals surface area contributed by atoms with E-state index < -0.39 is 11.9 Å². The smallest absolute Gasteiger partial charge is 0.348 e. The van der Waals surface area contributed by atoms with E-state index in [1.807, 2.05) is 0 Å². The minimum absolute atomic E-state index is 0.172. The number of thiophene rings is 1. The number of esters is 2. The number of carbonyl (C=O) groups excluding carboxylic acids is 3. The van der Waals surface area contributed by atoms with E-state index in [1.54, 1.807) is 6.92 Å². The second-order valence-electron chi connectivity index (χ2n) is 7.52. The Labute approximate surface area is 169 Å². The molecule has 1 amide bonds. The third-order valence-corrected chi connectivity index (χ3v) is 7.05. The summed E-state index contributed by atoms with van der Waals surface area (Å²) in [5.74, 6) is -0.594.